The summed E-state index contributed by atoms with van der Waals surface area (Å²) < 4.78 is 40.6. The minimum absolute atomic E-state index is 0.0896. The number of nitrogens with two attached hydrogens (primary N) is 1. The number of carboxylic acid groups (broad SMARTS) is 1. The van der Waals surface area contributed by atoms with Crippen molar-refractivity contribution in [3.63, 3.8) is 0 Å². The fourth-order valence-electron chi connectivity index (χ4n) is 3.03. The number of allylic oxidation sites excluding steroid dienone is 1. The largest absolute Gasteiger partial charge is 0.480 e. The molecule has 1 aliphatic carbocycles. The van der Waals surface area contributed by atoms with Gasteiger partial charge in [-0.15, -0.1) is 0 Å². The number of amides is 1. The molecule has 0 saturated carbocycles. The molecule has 1 aromatic heterocycles. The highest BCUT2D eigenvalue weighted by molar-refractivity contribution is 5.84. The molecule has 30 heavy (non-hydrogen) atoms. The molecule has 0 unspecified atom stereocenters. The molecule has 11 heteroatoms. The Morgan fingerprint density at radius 1 is 1.33 bits per heavy atom. The van der Waals surface area contributed by atoms with Gasteiger partial charge in [0, 0.05) is 24.7 Å². The molecule has 0 spiro atoms. The first-order valence-corrected chi connectivity index (χ1v) is 9.43. The fourth-order valence-corrected chi connectivity index (χ4v) is 3.03. The zero-order chi connectivity index (χ0) is 22.3. The van der Waals surface area contributed by atoms with E-state index < -0.39 is 49.1 Å². The third kappa shape index (κ3) is 7.21. The number of alkyl halides is 3. The number of hydrogen-bond donors (Lipinski definition) is 4. The number of hydrogen-bond acceptors (Lipinski definition) is 5. The molecule has 1 aromatic rings. The summed E-state index contributed by atoms with van der Waals surface area (Å²) in [5.41, 5.74) is 8.26. The lowest BCUT2D eigenvalue weighted by Crippen LogP contribution is -2.43. The third-order valence-electron chi connectivity index (χ3n) is 4.63. The normalized spacial score (nSPS) is 15.2. The first-order chi connectivity index (χ1) is 14.1. The highest BCUT2D eigenvalue weighted by atomic mass is 19.4. The van der Waals surface area contributed by atoms with Gasteiger partial charge in [0.15, 0.2) is 0 Å². The number of rotatable bonds is 10. The fraction of sp³-hybridized carbons (Fsp3) is 0.526. The Morgan fingerprint density at radius 3 is 2.73 bits per heavy atom. The molecule has 0 bridgehead atoms. The Morgan fingerprint density at radius 2 is 2.07 bits per heavy atom. The van der Waals surface area contributed by atoms with Crippen molar-refractivity contribution in [2.45, 2.75) is 56.8 Å². The van der Waals surface area contributed by atoms with Crippen LogP contribution in [0.1, 0.15) is 42.5 Å². The van der Waals surface area contributed by atoms with E-state index in [1.54, 1.807) is 6.20 Å². The second-order valence-electron chi connectivity index (χ2n) is 6.99. The van der Waals surface area contributed by atoms with E-state index in [1.807, 2.05) is 12.2 Å². The van der Waals surface area contributed by atoms with Gasteiger partial charge >= 0.3 is 18.1 Å². The van der Waals surface area contributed by atoms with Crippen molar-refractivity contribution in [3.05, 3.63) is 29.1 Å². The minimum Gasteiger partial charge on any atom is -0.480 e. The molecule has 0 radical (unpaired) electrons. The van der Waals surface area contributed by atoms with Crippen LogP contribution in [0.25, 0.3) is 6.08 Å². The van der Waals surface area contributed by atoms with Crippen LogP contribution >= 0.6 is 0 Å². The Labute approximate surface area is 170 Å². The lowest BCUT2D eigenvalue weighted by molar-refractivity contribution is -0.160. The van der Waals surface area contributed by atoms with E-state index in [9.17, 15) is 32.7 Å². The lowest BCUT2D eigenvalue weighted by atomic mass is 9.96. The number of carbonyl (C=O) groups is 3. The molecule has 2 rings (SSSR count). The first kappa shape index (κ1) is 23.5. The molecule has 0 fully saturated rings. The van der Waals surface area contributed by atoms with Crippen LogP contribution in [0.3, 0.4) is 0 Å². The van der Waals surface area contributed by atoms with Crippen molar-refractivity contribution >= 4 is 23.9 Å². The summed E-state index contributed by atoms with van der Waals surface area (Å²) in [5.74, 6) is -2.89. The Kier molecular flexibility index (Phi) is 8.04. The van der Waals surface area contributed by atoms with Crippen molar-refractivity contribution in [2.24, 2.45) is 5.73 Å². The molecular formula is C19H24F3N3O5. The van der Waals surface area contributed by atoms with Crippen LogP contribution in [0.4, 0.5) is 13.2 Å². The summed E-state index contributed by atoms with van der Waals surface area (Å²) >= 11 is 0. The van der Waals surface area contributed by atoms with Crippen LogP contribution in [-0.4, -0.2) is 52.8 Å². The second-order valence-corrected chi connectivity index (χ2v) is 6.99. The van der Waals surface area contributed by atoms with E-state index >= 15 is 0 Å². The van der Waals surface area contributed by atoms with E-state index in [0.29, 0.717) is 0 Å². The smallest absolute Gasteiger partial charge is 0.392 e. The van der Waals surface area contributed by atoms with Crippen molar-refractivity contribution in [3.8, 4) is 0 Å². The maximum Gasteiger partial charge on any atom is 0.392 e. The molecular weight excluding hydrogens is 407 g/mol. The molecule has 5 N–H and O–H groups in total. The van der Waals surface area contributed by atoms with Gasteiger partial charge in [-0.1, -0.05) is 6.08 Å². The number of esters is 1. The summed E-state index contributed by atoms with van der Waals surface area (Å²) in [6.07, 6.45) is 1.16. The number of carbonyl (C=O) groups excluding carboxylic acids is 2. The summed E-state index contributed by atoms with van der Waals surface area (Å²) in [5, 5.41) is 11.8. The van der Waals surface area contributed by atoms with Gasteiger partial charge in [0.2, 0.25) is 5.91 Å². The molecule has 1 aliphatic rings. The highest BCUT2D eigenvalue weighted by Crippen LogP contribution is 2.23. The van der Waals surface area contributed by atoms with E-state index in [4.69, 9.17) is 5.73 Å². The number of carboxylic acids is 1. The van der Waals surface area contributed by atoms with Gasteiger partial charge in [0.05, 0.1) is 13.0 Å². The molecule has 0 aromatic carbocycles. The van der Waals surface area contributed by atoms with Gasteiger partial charge in [-0.3, -0.25) is 9.59 Å². The molecule has 0 saturated heterocycles. The molecule has 166 valence electrons. The van der Waals surface area contributed by atoms with Crippen LogP contribution < -0.4 is 11.1 Å². The lowest BCUT2D eigenvalue weighted by Gasteiger charge is -2.17. The number of ether oxygens (including phenoxy) is 1. The average molecular weight is 431 g/mol. The Balaban J connectivity index is 1.81. The van der Waals surface area contributed by atoms with Gasteiger partial charge in [-0.25, -0.2) is 4.79 Å². The molecule has 0 aliphatic heterocycles. The summed E-state index contributed by atoms with van der Waals surface area (Å²) in [7, 11) is 0. The van der Waals surface area contributed by atoms with E-state index in [1.165, 1.54) is 0 Å². The Bertz CT molecular complexity index is 804. The standard InChI is InChI=1S/C19H24F3N3O5/c20-19(21,22)7-8-30-18(29)13(23)5-6-16(26)25-15(17(27)28)9-11-10-24-14-4-2-1-3-12(11)14/h2,4,10,13,15,24H,1,3,5-9,23H2,(H,25,26)(H,27,28)/t13-,15-/m1/s1. The maximum atomic E-state index is 12.1. The number of aliphatic carboxylic acids is 1. The Hall–Kier alpha value is -2.82. The van der Waals surface area contributed by atoms with Crippen LogP contribution in [0.2, 0.25) is 0 Å². The molecule has 1 amide bonds. The minimum atomic E-state index is -4.45. The van der Waals surface area contributed by atoms with Gasteiger partial charge in [0.25, 0.3) is 0 Å². The van der Waals surface area contributed by atoms with Crippen molar-refractivity contribution < 1.29 is 37.4 Å². The zero-order valence-corrected chi connectivity index (χ0v) is 16.1. The molecule has 2 atom stereocenters. The highest BCUT2D eigenvalue weighted by Gasteiger charge is 2.28. The monoisotopic (exact) mass is 431 g/mol. The van der Waals surface area contributed by atoms with Crippen molar-refractivity contribution in [1.29, 1.82) is 0 Å². The third-order valence-corrected chi connectivity index (χ3v) is 4.63. The molecule has 8 nitrogen and oxygen atoms in total. The van der Waals surface area contributed by atoms with Gasteiger partial charge in [-0.2, -0.15) is 13.2 Å². The van der Waals surface area contributed by atoms with Crippen molar-refractivity contribution in [1.82, 2.24) is 10.3 Å². The van der Waals surface area contributed by atoms with Crippen LogP contribution in [0, 0.1) is 0 Å². The van der Waals surface area contributed by atoms with Crippen LogP contribution in [0.5, 0.6) is 0 Å². The van der Waals surface area contributed by atoms with Gasteiger partial charge in [-0.05, 0) is 36.5 Å². The first-order valence-electron chi connectivity index (χ1n) is 9.43. The number of nitrogens with one attached hydrogen (secondary N) is 2. The van der Waals surface area contributed by atoms with Crippen LogP contribution in [-0.2, 0) is 32.0 Å². The van der Waals surface area contributed by atoms with Gasteiger partial charge < -0.3 is 25.9 Å². The summed E-state index contributed by atoms with van der Waals surface area (Å²) in [4.78, 5) is 38.3. The predicted molar refractivity (Wildman–Crippen MR) is 100 cm³/mol. The quantitative estimate of drug-likeness (QED) is 0.417. The summed E-state index contributed by atoms with van der Waals surface area (Å²) in [6, 6.07) is -2.45. The number of H-pyrrole nitrogens is 1. The number of fused-ring (bicyclic) bond motifs is 1. The molecule has 1 heterocycles. The van der Waals surface area contributed by atoms with Crippen LogP contribution in [0.15, 0.2) is 12.3 Å². The van der Waals surface area contributed by atoms with Gasteiger partial charge in [0.1, 0.15) is 12.1 Å². The van der Waals surface area contributed by atoms with E-state index in [-0.39, 0.29) is 19.3 Å². The predicted octanol–water partition coefficient (Wildman–Crippen LogP) is 1.69. The van der Waals surface area contributed by atoms with Crippen molar-refractivity contribution in [2.75, 3.05) is 6.61 Å². The van der Waals surface area contributed by atoms with E-state index in [0.717, 1.165) is 29.7 Å². The SMILES string of the molecule is N[C@H](CCC(=O)N[C@H](Cc1c[nH]c2c1CCC=C2)C(=O)O)C(=O)OCCC(F)(F)F. The number of aromatic amines is 1. The zero-order valence-electron chi connectivity index (χ0n) is 16.1. The average Bonchev–Trinajstić information content (AvgIpc) is 3.07. The number of halogens is 3. The second kappa shape index (κ2) is 10.3. The summed E-state index contributed by atoms with van der Waals surface area (Å²) in [6.45, 7) is -0.848. The topological polar surface area (TPSA) is 135 Å². The maximum absolute atomic E-state index is 12.1. The van der Waals surface area contributed by atoms with E-state index in [2.05, 4.69) is 15.0 Å². The number of aromatic nitrogens is 1.